The van der Waals surface area contributed by atoms with Crippen LogP contribution in [0, 0.1) is 5.92 Å². The van der Waals surface area contributed by atoms with Gasteiger partial charge >= 0.3 is 0 Å². The molecule has 1 aromatic rings. The molecule has 0 spiro atoms. The predicted molar refractivity (Wildman–Crippen MR) is 75.1 cm³/mol. The molecule has 0 radical (unpaired) electrons. The van der Waals surface area contributed by atoms with E-state index < -0.39 is 0 Å². The summed E-state index contributed by atoms with van der Waals surface area (Å²) in [7, 11) is 2.20. The first-order valence-corrected chi connectivity index (χ1v) is 7.64. The smallest absolute Gasteiger partial charge is 0.0796 e. The van der Waals surface area contributed by atoms with Crippen molar-refractivity contribution >= 4 is 0 Å². The Morgan fingerprint density at radius 3 is 3.05 bits per heavy atom. The Balaban J connectivity index is 1.61. The molecule has 1 N–H and O–H groups in total. The molecule has 1 atom stereocenters. The lowest BCUT2D eigenvalue weighted by atomic mass is 10.1. The maximum absolute atomic E-state index is 5.45. The number of rotatable bonds is 4. The molecule has 2 heterocycles. The zero-order chi connectivity index (χ0) is 13.1. The lowest BCUT2D eigenvalue weighted by Crippen LogP contribution is -2.26. The molecule has 1 aliphatic heterocycles. The van der Waals surface area contributed by atoms with E-state index in [9.17, 15) is 0 Å². The second-order valence-corrected chi connectivity index (χ2v) is 6.11. The van der Waals surface area contributed by atoms with Crippen LogP contribution in [0.15, 0.2) is 0 Å². The molecule has 1 aliphatic carbocycles. The molecule has 1 saturated heterocycles. The van der Waals surface area contributed by atoms with Crippen LogP contribution in [0.3, 0.4) is 0 Å². The molecule has 4 nitrogen and oxygen atoms in total. The lowest BCUT2D eigenvalue weighted by Gasteiger charge is -2.19. The third-order valence-corrected chi connectivity index (χ3v) is 4.41. The van der Waals surface area contributed by atoms with E-state index in [1.54, 1.807) is 0 Å². The first-order valence-electron chi connectivity index (χ1n) is 7.64. The summed E-state index contributed by atoms with van der Waals surface area (Å²) in [6.07, 6.45) is 7.59. The second-order valence-electron chi connectivity index (χ2n) is 6.11. The number of aromatic nitrogens is 2. The number of aromatic amines is 1. The van der Waals surface area contributed by atoms with Crippen molar-refractivity contribution in [2.24, 2.45) is 5.92 Å². The van der Waals surface area contributed by atoms with Crippen LogP contribution in [-0.4, -0.2) is 41.9 Å². The Kier molecular flexibility index (Phi) is 4.18. The topological polar surface area (TPSA) is 41.2 Å². The number of hydrogen-bond donors (Lipinski definition) is 1. The van der Waals surface area contributed by atoms with Gasteiger partial charge in [-0.3, -0.25) is 5.10 Å². The Morgan fingerprint density at radius 1 is 1.32 bits per heavy atom. The van der Waals surface area contributed by atoms with Crippen LogP contribution in [0.2, 0.25) is 0 Å². The molecule has 0 unspecified atom stereocenters. The van der Waals surface area contributed by atoms with Crippen molar-refractivity contribution in [2.45, 2.75) is 45.1 Å². The highest BCUT2D eigenvalue weighted by Crippen LogP contribution is 2.23. The van der Waals surface area contributed by atoms with E-state index in [2.05, 4.69) is 22.1 Å². The van der Waals surface area contributed by atoms with Crippen LogP contribution in [-0.2, 0) is 24.1 Å². The van der Waals surface area contributed by atoms with Crippen LogP contribution in [0.5, 0.6) is 0 Å². The molecule has 19 heavy (non-hydrogen) atoms. The second kappa shape index (κ2) is 6.06. The van der Waals surface area contributed by atoms with Gasteiger partial charge in [0.15, 0.2) is 0 Å². The van der Waals surface area contributed by atoms with Gasteiger partial charge in [-0.15, -0.1) is 0 Å². The fourth-order valence-electron chi connectivity index (χ4n) is 3.35. The molecule has 0 bridgehead atoms. The van der Waals surface area contributed by atoms with Crippen LogP contribution in [0.25, 0.3) is 0 Å². The van der Waals surface area contributed by atoms with Crippen molar-refractivity contribution in [1.82, 2.24) is 15.1 Å². The number of fused-ring (bicyclic) bond motifs is 1. The van der Waals surface area contributed by atoms with Gasteiger partial charge in [0.1, 0.15) is 0 Å². The molecule has 2 aliphatic rings. The third kappa shape index (κ3) is 3.18. The Labute approximate surface area is 115 Å². The Morgan fingerprint density at radius 2 is 2.21 bits per heavy atom. The molecule has 1 fully saturated rings. The number of hydrogen-bond acceptors (Lipinski definition) is 3. The molecule has 106 valence electrons. The first-order chi connectivity index (χ1) is 9.33. The van der Waals surface area contributed by atoms with Crippen molar-refractivity contribution in [3.63, 3.8) is 0 Å². The monoisotopic (exact) mass is 263 g/mol. The minimum atomic E-state index is 0.711. The number of nitrogens with one attached hydrogen (secondary N) is 1. The zero-order valence-electron chi connectivity index (χ0n) is 12.0. The van der Waals surface area contributed by atoms with Crippen molar-refractivity contribution in [3.05, 3.63) is 17.0 Å². The average molecular weight is 263 g/mol. The van der Waals surface area contributed by atoms with Crippen LogP contribution in [0.4, 0.5) is 0 Å². The Hall–Kier alpha value is -0.870. The van der Waals surface area contributed by atoms with Crippen molar-refractivity contribution < 1.29 is 4.74 Å². The summed E-state index contributed by atoms with van der Waals surface area (Å²) in [5.41, 5.74) is 4.18. The quantitative estimate of drug-likeness (QED) is 0.846. The largest absolute Gasteiger partial charge is 0.381 e. The van der Waals surface area contributed by atoms with Crippen molar-refractivity contribution in [2.75, 3.05) is 26.8 Å². The molecular weight excluding hydrogens is 238 g/mol. The average Bonchev–Trinajstić information content (AvgIpc) is 2.95. The molecule has 0 amide bonds. The van der Waals surface area contributed by atoms with Gasteiger partial charge in [-0.2, -0.15) is 5.10 Å². The highest BCUT2D eigenvalue weighted by Gasteiger charge is 2.20. The normalized spacial score (nSPS) is 23.6. The number of H-pyrrole nitrogens is 1. The van der Waals surface area contributed by atoms with Crippen molar-refractivity contribution in [1.29, 1.82) is 0 Å². The number of aryl methyl sites for hydroxylation is 1. The van der Waals surface area contributed by atoms with E-state index in [0.29, 0.717) is 5.92 Å². The van der Waals surface area contributed by atoms with Crippen LogP contribution >= 0.6 is 0 Å². The number of nitrogens with zero attached hydrogens (tertiary/aromatic N) is 2. The minimum absolute atomic E-state index is 0.711. The van der Waals surface area contributed by atoms with Gasteiger partial charge in [0.25, 0.3) is 0 Å². The van der Waals surface area contributed by atoms with E-state index in [4.69, 9.17) is 4.74 Å². The maximum atomic E-state index is 5.45. The van der Waals surface area contributed by atoms with E-state index in [0.717, 1.165) is 26.3 Å². The Bertz CT molecular complexity index is 410. The van der Waals surface area contributed by atoms with Gasteiger partial charge < -0.3 is 9.64 Å². The number of ether oxygens (including phenoxy) is 1. The van der Waals surface area contributed by atoms with Gasteiger partial charge in [-0.05, 0) is 50.6 Å². The summed E-state index contributed by atoms with van der Waals surface area (Å²) in [5, 5.41) is 7.82. The van der Waals surface area contributed by atoms with E-state index >= 15 is 0 Å². The molecule has 3 rings (SSSR count). The van der Waals surface area contributed by atoms with Gasteiger partial charge in [-0.1, -0.05) is 6.42 Å². The zero-order valence-corrected chi connectivity index (χ0v) is 12.0. The molecule has 0 aromatic carbocycles. The van der Waals surface area contributed by atoms with Gasteiger partial charge in [-0.25, -0.2) is 0 Å². The third-order valence-electron chi connectivity index (χ3n) is 4.41. The summed E-state index contributed by atoms with van der Waals surface area (Å²) in [4.78, 5) is 2.40. The SMILES string of the molecule is CN(Cc1n[nH]c2c1CCCCC2)C[C@@H]1CCOC1. The van der Waals surface area contributed by atoms with Gasteiger partial charge in [0.05, 0.1) is 12.3 Å². The standard InChI is InChI=1S/C15H25N3O/c1-18(9-12-7-8-19-11-12)10-15-13-5-3-2-4-6-14(13)16-17-15/h12H,2-11H2,1H3,(H,16,17)/t12-/m0/s1. The molecule has 1 aromatic heterocycles. The molecule has 0 saturated carbocycles. The summed E-state index contributed by atoms with van der Waals surface area (Å²) in [5.74, 6) is 0.711. The highest BCUT2D eigenvalue weighted by molar-refractivity contribution is 5.26. The minimum Gasteiger partial charge on any atom is -0.381 e. The fraction of sp³-hybridized carbons (Fsp3) is 0.800. The van der Waals surface area contributed by atoms with Crippen LogP contribution < -0.4 is 0 Å². The van der Waals surface area contributed by atoms with Gasteiger partial charge in [0.2, 0.25) is 0 Å². The maximum Gasteiger partial charge on any atom is 0.0796 e. The van der Waals surface area contributed by atoms with Crippen molar-refractivity contribution in [3.8, 4) is 0 Å². The van der Waals surface area contributed by atoms with E-state index in [-0.39, 0.29) is 0 Å². The highest BCUT2D eigenvalue weighted by atomic mass is 16.5. The van der Waals surface area contributed by atoms with E-state index in [1.807, 2.05) is 0 Å². The van der Waals surface area contributed by atoms with E-state index in [1.165, 1.54) is 55.5 Å². The fourth-order valence-corrected chi connectivity index (χ4v) is 3.35. The van der Waals surface area contributed by atoms with Gasteiger partial charge in [0, 0.05) is 25.4 Å². The molecule has 4 heteroatoms. The summed E-state index contributed by atoms with van der Waals surface area (Å²) < 4.78 is 5.45. The first kappa shape index (κ1) is 13.1. The molecular formula is C15H25N3O. The summed E-state index contributed by atoms with van der Waals surface area (Å²) in [6.45, 7) is 3.98. The lowest BCUT2D eigenvalue weighted by molar-refractivity contribution is 0.172. The summed E-state index contributed by atoms with van der Waals surface area (Å²) in [6, 6.07) is 0. The predicted octanol–water partition coefficient (Wildman–Crippen LogP) is 2.15. The van der Waals surface area contributed by atoms with Crippen LogP contribution in [0.1, 0.15) is 42.6 Å². The summed E-state index contributed by atoms with van der Waals surface area (Å²) >= 11 is 0.